The first kappa shape index (κ1) is 14.0. The van der Waals surface area contributed by atoms with Crippen molar-refractivity contribution in [2.24, 2.45) is 17.6 Å². The molecule has 1 aliphatic rings. The Morgan fingerprint density at radius 3 is 2.65 bits per heavy atom. The maximum absolute atomic E-state index is 12.1. The van der Waals surface area contributed by atoms with Gasteiger partial charge in [-0.25, -0.2) is 0 Å². The molecule has 1 saturated heterocycles. The van der Waals surface area contributed by atoms with Gasteiger partial charge < -0.3 is 15.7 Å². The highest BCUT2D eigenvalue weighted by molar-refractivity contribution is 5.81. The molecule has 0 aromatic carbocycles. The number of amides is 1. The molecule has 3 N–H and O–H groups in total. The molecular weight excluding hydrogens is 220 g/mol. The van der Waals surface area contributed by atoms with Crippen LogP contribution in [0.3, 0.4) is 0 Å². The summed E-state index contributed by atoms with van der Waals surface area (Å²) in [6.07, 6.45) is 2.17. The molecule has 3 unspecified atom stereocenters. The van der Waals surface area contributed by atoms with E-state index < -0.39 is 11.9 Å². The number of carboxylic acid groups (broad SMARTS) is 1. The minimum absolute atomic E-state index is 0.0615. The topological polar surface area (TPSA) is 83.6 Å². The van der Waals surface area contributed by atoms with Crippen molar-refractivity contribution in [2.75, 3.05) is 13.1 Å². The second-order valence-electron chi connectivity index (χ2n) is 4.84. The largest absolute Gasteiger partial charge is 0.481 e. The van der Waals surface area contributed by atoms with Gasteiger partial charge in [-0.2, -0.15) is 0 Å². The fourth-order valence-corrected chi connectivity index (χ4v) is 2.41. The van der Waals surface area contributed by atoms with Crippen molar-refractivity contribution in [1.82, 2.24) is 4.90 Å². The van der Waals surface area contributed by atoms with Crippen molar-refractivity contribution in [3.8, 4) is 0 Å². The zero-order chi connectivity index (χ0) is 13.0. The summed E-state index contributed by atoms with van der Waals surface area (Å²) in [5, 5.41) is 9.01. The summed E-state index contributed by atoms with van der Waals surface area (Å²) in [6, 6.07) is -0.194. The van der Waals surface area contributed by atoms with Gasteiger partial charge in [0, 0.05) is 18.5 Å². The molecule has 0 aromatic rings. The van der Waals surface area contributed by atoms with Crippen LogP contribution in [0.15, 0.2) is 0 Å². The number of carboxylic acids is 1. The Bertz CT molecular complexity index is 293. The summed E-state index contributed by atoms with van der Waals surface area (Å²) < 4.78 is 0. The Morgan fingerprint density at radius 1 is 1.53 bits per heavy atom. The quantitative estimate of drug-likeness (QED) is 0.742. The lowest BCUT2D eigenvalue weighted by atomic mass is 10.0. The van der Waals surface area contributed by atoms with Crippen LogP contribution in [0.25, 0.3) is 0 Å². The van der Waals surface area contributed by atoms with Crippen LogP contribution in [-0.2, 0) is 9.59 Å². The molecule has 0 radical (unpaired) electrons. The lowest BCUT2D eigenvalue weighted by molar-refractivity contribution is -0.143. The van der Waals surface area contributed by atoms with Crippen molar-refractivity contribution < 1.29 is 14.7 Å². The monoisotopic (exact) mass is 242 g/mol. The number of likely N-dealkylation sites (tertiary alicyclic amines) is 1. The van der Waals surface area contributed by atoms with Crippen molar-refractivity contribution in [2.45, 2.75) is 39.2 Å². The molecule has 1 aliphatic heterocycles. The summed E-state index contributed by atoms with van der Waals surface area (Å²) in [5.74, 6) is -1.22. The smallest absolute Gasteiger partial charge is 0.308 e. The minimum Gasteiger partial charge on any atom is -0.481 e. The molecule has 0 aromatic heterocycles. The van der Waals surface area contributed by atoms with Gasteiger partial charge in [-0.05, 0) is 32.7 Å². The zero-order valence-corrected chi connectivity index (χ0v) is 10.6. The van der Waals surface area contributed by atoms with Crippen LogP contribution in [-0.4, -0.2) is 41.0 Å². The van der Waals surface area contributed by atoms with E-state index in [0.717, 1.165) is 12.8 Å². The summed E-state index contributed by atoms with van der Waals surface area (Å²) in [5.41, 5.74) is 5.42. The number of rotatable bonds is 5. The molecule has 0 aliphatic carbocycles. The lowest BCUT2D eigenvalue weighted by Gasteiger charge is -2.26. The van der Waals surface area contributed by atoms with Crippen LogP contribution in [0.4, 0.5) is 0 Å². The van der Waals surface area contributed by atoms with E-state index in [2.05, 4.69) is 0 Å². The number of hydrogen-bond donors (Lipinski definition) is 2. The molecule has 0 spiro atoms. The number of aliphatic carboxylic acids is 1. The van der Waals surface area contributed by atoms with Gasteiger partial charge >= 0.3 is 5.97 Å². The van der Waals surface area contributed by atoms with Crippen LogP contribution < -0.4 is 5.73 Å². The van der Waals surface area contributed by atoms with Gasteiger partial charge in [0.15, 0.2) is 0 Å². The highest BCUT2D eigenvalue weighted by Crippen LogP contribution is 2.26. The number of nitrogens with zero attached hydrogens (tertiary/aromatic N) is 1. The minimum atomic E-state index is -0.803. The molecule has 5 heteroatoms. The second kappa shape index (κ2) is 6.00. The first-order chi connectivity index (χ1) is 7.99. The van der Waals surface area contributed by atoms with E-state index in [0.29, 0.717) is 19.5 Å². The maximum atomic E-state index is 12.1. The predicted molar refractivity (Wildman–Crippen MR) is 64.4 cm³/mol. The van der Waals surface area contributed by atoms with Gasteiger partial charge in [-0.3, -0.25) is 9.59 Å². The lowest BCUT2D eigenvalue weighted by Crippen LogP contribution is -2.40. The molecule has 0 bridgehead atoms. The zero-order valence-electron chi connectivity index (χ0n) is 10.6. The highest BCUT2D eigenvalue weighted by atomic mass is 16.4. The fourth-order valence-electron chi connectivity index (χ4n) is 2.41. The Morgan fingerprint density at radius 2 is 2.18 bits per heavy atom. The van der Waals surface area contributed by atoms with Gasteiger partial charge in [0.05, 0.1) is 5.92 Å². The molecule has 1 amide bonds. The second-order valence-corrected chi connectivity index (χ2v) is 4.84. The number of nitrogens with two attached hydrogens (primary N) is 1. The first-order valence-corrected chi connectivity index (χ1v) is 6.22. The number of carbonyl (C=O) groups is 2. The molecule has 0 saturated carbocycles. The Labute approximate surface area is 102 Å². The SMILES string of the molecule is CC(CCCN)C(=O)N1CCC(C(=O)O)C1C. The van der Waals surface area contributed by atoms with Gasteiger partial charge in [0.1, 0.15) is 0 Å². The summed E-state index contributed by atoms with van der Waals surface area (Å²) in [4.78, 5) is 24.8. The molecule has 1 rings (SSSR count). The van der Waals surface area contributed by atoms with Gasteiger partial charge in [-0.15, -0.1) is 0 Å². The molecule has 1 fully saturated rings. The standard InChI is InChI=1S/C12H22N2O3/c1-8(4-3-6-13)11(15)14-7-5-10(9(14)2)12(16)17/h8-10H,3-7,13H2,1-2H3,(H,16,17). The fraction of sp³-hybridized carbons (Fsp3) is 0.833. The van der Waals surface area contributed by atoms with Crippen molar-refractivity contribution >= 4 is 11.9 Å². The van der Waals surface area contributed by atoms with E-state index in [9.17, 15) is 9.59 Å². The summed E-state index contributed by atoms with van der Waals surface area (Å²) >= 11 is 0. The van der Waals surface area contributed by atoms with Crippen LogP contribution in [0, 0.1) is 11.8 Å². The maximum Gasteiger partial charge on any atom is 0.308 e. The Balaban J connectivity index is 2.56. The predicted octanol–water partition coefficient (Wildman–Crippen LogP) is 0.683. The van der Waals surface area contributed by atoms with E-state index in [1.54, 1.807) is 4.90 Å². The summed E-state index contributed by atoms with van der Waals surface area (Å²) in [7, 11) is 0. The number of carbonyl (C=O) groups excluding carboxylic acids is 1. The van der Waals surface area contributed by atoms with Crippen LogP contribution in [0.5, 0.6) is 0 Å². The van der Waals surface area contributed by atoms with Gasteiger partial charge in [0.25, 0.3) is 0 Å². The van der Waals surface area contributed by atoms with Crippen molar-refractivity contribution in [3.05, 3.63) is 0 Å². The van der Waals surface area contributed by atoms with E-state index in [4.69, 9.17) is 10.8 Å². The average molecular weight is 242 g/mol. The summed E-state index contributed by atoms with van der Waals surface area (Å²) in [6.45, 7) is 4.85. The van der Waals surface area contributed by atoms with Crippen LogP contribution in [0.1, 0.15) is 33.1 Å². The van der Waals surface area contributed by atoms with Gasteiger partial charge in [0.2, 0.25) is 5.91 Å². The van der Waals surface area contributed by atoms with E-state index >= 15 is 0 Å². The third kappa shape index (κ3) is 3.19. The molecule has 3 atom stereocenters. The third-order valence-corrected chi connectivity index (χ3v) is 3.62. The molecule has 1 heterocycles. The van der Waals surface area contributed by atoms with E-state index in [1.807, 2.05) is 13.8 Å². The average Bonchev–Trinajstić information content (AvgIpc) is 2.67. The normalized spacial score (nSPS) is 25.9. The van der Waals surface area contributed by atoms with Crippen LogP contribution in [0.2, 0.25) is 0 Å². The Hall–Kier alpha value is -1.10. The number of hydrogen-bond acceptors (Lipinski definition) is 3. The van der Waals surface area contributed by atoms with Gasteiger partial charge in [-0.1, -0.05) is 6.92 Å². The van der Waals surface area contributed by atoms with E-state index in [1.165, 1.54) is 0 Å². The molecular formula is C12H22N2O3. The van der Waals surface area contributed by atoms with Crippen LogP contribution >= 0.6 is 0 Å². The van der Waals surface area contributed by atoms with Crippen molar-refractivity contribution in [1.29, 1.82) is 0 Å². The van der Waals surface area contributed by atoms with Crippen molar-refractivity contribution in [3.63, 3.8) is 0 Å². The Kier molecular flexibility index (Phi) is 4.93. The molecule has 98 valence electrons. The van der Waals surface area contributed by atoms with E-state index in [-0.39, 0.29) is 17.9 Å². The highest BCUT2D eigenvalue weighted by Gasteiger charge is 2.38. The molecule has 5 nitrogen and oxygen atoms in total. The third-order valence-electron chi connectivity index (χ3n) is 3.62. The first-order valence-electron chi connectivity index (χ1n) is 6.22. The molecule has 17 heavy (non-hydrogen) atoms.